The van der Waals surface area contributed by atoms with Crippen LogP contribution in [0.5, 0.6) is 0 Å². The SMILES string of the molecule is CC(C)(C)OC(=O)c1nsc2c(=O)[nH]cnc12. The lowest BCUT2D eigenvalue weighted by Gasteiger charge is -2.18. The average molecular weight is 253 g/mol. The molecule has 0 radical (unpaired) electrons. The fraction of sp³-hybridized carbons (Fsp3) is 0.400. The molecule has 0 bridgehead atoms. The zero-order valence-corrected chi connectivity index (χ0v) is 10.4. The highest BCUT2D eigenvalue weighted by Crippen LogP contribution is 2.19. The highest BCUT2D eigenvalue weighted by Gasteiger charge is 2.23. The minimum Gasteiger partial charge on any atom is -0.455 e. The number of aromatic amines is 1. The predicted molar refractivity (Wildman–Crippen MR) is 63.2 cm³/mol. The molecule has 2 aromatic heterocycles. The minimum atomic E-state index is -0.603. The summed E-state index contributed by atoms with van der Waals surface area (Å²) in [6, 6.07) is 0. The number of carbonyl (C=O) groups is 1. The maximum atomic E-state index is 11.8. The molecule has 0 unspecified atom stereocenters. The van der Waals surface area contributed by atoms with Crippen LogP contribution in [0.4, 0.5) is 0 Å². The maximum absolute atomic E-state index is 11.8. The molecule has 0 amide bonds. The first-order chi connectivity index (χ1) is 7.88. The lowest BCUT2D eigenvalue weighted by atomic mass is 10.2. The molecule has 0 saturated heterocycles. The van der Waals surface area contributed by atoms with Crippen LogP contribution >= 0.6 is 11.5 Å². The van der Waals surface area contributed by atoms with Crippen molar-refractivity contribution < 1.29 is 9.53 Å². The summed E-state index contributed by atoms with van der Waals surface area (Å²) in [5.74, 6) is -0.568. The smallest absolute Gasteiger partial charge is 0.360 e. The molecule has 7 heteroatoms. The zero-order chi connectivity index (χ0) is 12.6. The van der Waals surface area contributed by atoms with Gasteiger partial charge in [-0.15, -0.1) is 0 Å². The molecule has 6 nitrogen and oxygen atoms in total. The fourth-order valence-corrected chi connectivity index (χ4v) is 1.96. The van der Waals surface area contributed by atoms with E-state index in [4.69, 9.17) is 4.74 Å². The van der Waals surface area contributed by atoms with Crippen molar-refractivity contribution in [2.45, 2.75) is 26.4 Å². The Labute approximate surface area is 101 Å². The van der Waals surface area contributed by atoms with Gasteiger partial charge >= 0.3 is 5.97 Å². The van der Waals surface area contributed by atoms with Crippen LogP contribution in [0.1, 0.15) is 31.3 Å². The first-order valence-corrected chi connectivity index (χ1v) is 5.72. The van der Waals surface area contributed by atoms with E-state index in [0.29, 0.717) is 4.70 Å². The summed E-state index contributed by atoms with van der Waals surface area (Å²) in [5.41, 5.74) is -0.532. The van der Waals surface area contributed by atoms with Crippen LogP contribution in [-0.4, -0.2) is 25.9 Å². The minimum absolute atomic E-state index is 0.0889. The predicted octanol–water partition coefficient (Wildman–Crippen LogP) is 1.33. The van der Waals surface area contributed by atoms with Gasteiger partial charge < -0.3 is 9.72 Å². The van der Waals surface area contributed by atoms with Crippen molar-refractivity contribution in [1.29, 1.82) is 0 Å². The van der Waals surface area contributed by atoms with Crippen LogP contribution in [-0.2, 0) is 4.74 Å². The average Bonchev–Trinajstić information content (AvgIpc) is 2.60. The maximum Gasteiger partial charge on any atom is 0.360 e. The van der Waals surface area contributed by atoms with E-state index in [-0.39, 0.29) is 16.8 Å². The van der Waals surface area contributed by atoms with Crippen LogP contribution in [0.2, 0.25) is 0 Å². The van der Waals surface area contributed by atoms with E-state index < -0.39 is 11.6 Å². The summed E-state index contributed by atoms with van der Waals surface area (Å²) in [5, 5.41) is 0. The van der Waals surface area contributed by atoms with Crippen LogP contribution in [0.3, 0.4) is 0 Å². The van der Waals surface area contributed by atoms with Gasteiger partial charge in [0.2, 0.25) is 0 Å². The molecular weight excluding hydrogens is 242 g/mol. The van der Waals surface area contributed by atoms with Crippen LogP contribution in [0.25, 0.3) is 10.2 Å². The number of rotatable bonds is 1. The van der Waals surface area contributed by atoms with Gasteiger partial charge in [-0.05, 0) is 32.3 Å². The Kier molecular flexibility index (Phi) is 2.70. The number of carbonyl (C=O) groups excluding carboxylic acids is 1. The van der Waals surface area contributed by atoms with E-state index in [1.807, 2.05) is 0 Å². The van der Waals surface area contributed by atoms with Crippen molar-refractivity contribution in [3.63, 3.8) is 0 Å². The molecule has 0 aliphatic rings. The summed E-state index contributed by atoms with van der Waals surface area (Å²) in [7, 11) is 0. The topological polar surface area (TPSA) is 84.9 Å². The molecule has 2 aromatic rings. The second kappa shape index (κ2) is 3.92. The van der Waals surface area contributed by atoms with E-state index >= 15 is 0 Å². The molecule has 0 fully saturated rings. The number of hydrogen-bond donors (Lipinski definition) is 1. The van der Waals surface area contributed by atoms with Crippen molar-refractivity contribution >= 4 is 27.7 Å². The van der Waals surface area contributed by atoms with Gasteiger partial charge in [-0.1, -0.05) is 0 Å². The standard InChI is InChI=1S/C10H11N3O3S/c1-10(2,3)16-9(15)6-5-7(17-13-6)8(14)12-4-11-5/h4H,1-3H3,(H,11,12,14). The summed E-state index contributed by atoms with van der Waals surface area (Å²) in [4.78, 5) is 29.6. The van der Waals surface area contributed by atoms with E-state index in [9.17, 15) is 9.59 Å². The van der Waals surface area contributed by atoms with Gasteiger partial charge in [-0.25, -0.2) is 9.78 Å². The van der Waals surface area contributed by atoms with Gasteiger partial charge in [0.1, 0.15) is 15.8 Å². The fourth-order valence-electron chi connectivity index (χ4n) is 1.24. The molecular formula is C10H11N3O3S. The number of nitrogens with zero attached hydrogens (tertiary/aromatic N) is 2. The lowest BCUT2D eigenvalue weighted by Crippen LogP contribution is -2.24. The Morgan fingerprint density at radius 1 is 1.47 bits per heavy atom. The van der Waals surface area contributed by atoms with Crippen molar-refractivity contribution in [3.8, 4) is 0 Å². The van der Waals surface area contributed by atoms with E-state index in [1.54, 1.807) is 20.8 Å². The third-order valence-corrected chi connectivity index (χ3v) is 2.69. The number of aromatic nitrogens is 3. The van der Waals surface area contributed by atoms with Crippen LogP contribution < -0.4 is 5.56 Å². The third kappa shape index (κ3) is 2.33. The number of ether oxygens (including phenoxy) is 1. The second-order valence-electron chi connectivity index (χ2n) is 4.44. The molecule has 2 heterocycles. The highest BCUT2D eigenvalue weighted by molar-refractivity contribution is 7.13. The van der Waals surface area contributed by atoms with Gasteiger partial charge in [-0.3, -0.25) is 4.79 Å². The molecule has 0 spiro atoms. The van der Waals surface area contributed by atoms with Crippen LogP contribution in [0, 0.1) is 0 Å². The van der Waals surface area contributed by atoms with Crippen LogP contribution in [0.15, 0.2) is 11.1 Å². The highest BCUT2D eigenvalue weighted by atomic mass is 32.1. The van der Waals surface area contributed by atoms with E-state index in [1.165, 1.54) is 6.33 Å². The van der Waals surface area contributed by atoms with Crippen molar-refractivity contribution in [3.05, 3.63) is 22.4 Å². The van der Waals surface area contributed by atoms with Crippen molar-refractivity contribution in [1.82, 2.24) is 14.3 Å². The van der Waals surface area contributed by atoms with Crippen molar-refractivity contribution in [2.75, 3.05) is 0 Å². The molecule has 90 valence electrons. The molecule has 2 rings (SSSR count). The number of esters is 1. The monoisotopic (exact) mass is 253 g/mol. The molecule has 17 heavy (non-hydrogen) atoms. The molecule has 0 aliphatic heterocycles. The summed E-state index contributed by atoms with van der Waals surface area (Å²) >= 11 is 0.938. The quantitative estimate of drug-likeness (QED) is 0.775. The molecule has 1 N–H and O–H groups in total. The Bertz CT molecular complexity index is 623. The largest absolute Gasteiger partial charge is 0.455 e. The molecule has 0 atom stereocenters. The number of H-pyrrole nitrogens is 1. The van der Waals surface area contributed by atoms with Gasteiger partial charge in [0.15, 0.2) is 5.69 Å². The first kappa shape index (κ1) is 11.7. The van der Waals surface area contributed by atoms with E-state index in [2.05, 4.69) is 14.3 Å². The van der Waals surface area contributed by atoms with Gasteiger partial charge in [0.25, 0.3) is 5.56 Å². The van der Waals surface area contributed by atoms with Gasteiger partial charge in [0.05, 0.1) is 6.33 Å². The van der Waals surface area contributed by atoms with Gasteiger partial charge in [0, 0.05) is 0 Å². The normalized spacial score (nSPS) is 11.7. The number of hydrogen-bond acceptors (Lipinski definition) is 6. The summed E-state index contributed by atoms with van der Waals surface area (Å²) in [6.45, 7) is 5.29. The Balaban J connectivity index is 2.47. The van der Waals surface area contributed by atoms with E-state index in [0.717, 1.165) is 11.5 Å². The molecule has 0 aliphatic carbocycles. The molecule has 0 saturated carbocycles. The van der Waals surface area contributed by atoms with Crippen molar-refractivity contribution in [2.24, 2.45) is 0 Å². The Morgan fingerprint density at radius 3 is 2.82 bits per heavy atom. The summed E-state index contributed by atoms with van der Waals surface area (Å²) < 4.78 is 9.44. The van der Waals surface area contributed by atoms with Gasteiger partial charge in [-0.2, -0.15) is 4.37 Å². The lowest BCUT2D eigenvalue weighted by molar-refractivity contribution is 0.00663. The summed E-state index contributed by atoms with van der Waals surface area (Å²) in [6.07, 6.45) is 1.24. The number of fused-ring (bicyclic) bond motifs is 1. The zero-order valence-electron chi connectivity index (χ0n) is 9.60. The number of nitrogens with one attached hydrogen (secondary N) is 1. The second-order valence-corrected chi connectivity index (χ2v) is 5.22. The third-order valence-electron chi connectivity index (χ3n) is 1.86. The molecule has 0 aromatic carbocycles. The Morgan fingerprint density at radius 2 is 2.18 bits per heavy atom. The Hall–Kier alpha value is -1.76. The first-order valence-electron chi connectivity index (χ1n) is 4.95.